The molecule has 1 atom stereocenters. The highest BCUT2D eigenvalue weighted by atomic mass is 32.2. The quantitative estimate of drug-likeness (QED) is 0.903. The average Bonchev–Trinajstić information content (AvgIpc) is 2.94. The predicted molar refractivity (Wildman–Crippen MR) is 87.0 cm³/mol. The van der Waals surface area contributed by atoms with Crippen LogP contribution in [0.4, 0.5) is 0 Å². The average molecular weight is 335 g/mol. The first-order valence-electron chi connectivity index (χ1n) is 7.74. The molecular weight excluding hydrogens is 314 g/mol. The number of fused-ring (bicyclic) bond motifs is 1. The van der Waals surface area contributed by atoms with Gasteiger partial charge in [0, 0.05) is 19.0 Å². The van der Waals surface area contributed by atoms with Gasteiger partial charge >= 0.3 is 0 Å². The number of nitrogens with zero attached hydrogens (tertiary/aromatic N) is 2. The SMILES string of the molecule is CCn1ncc(S(=O)(=O)NC[C@H]2COc3ccccc3C2)c1C. The minimum absolute atomic E-state index is 0.126. The number of hydrogen-bond acceptors (Lipinski definition) is 4. The maximum Gasteiger partial charge on any atom is 0.243 e. The Morgan fingerprint density at radius 3 is 2.91 bits per heavy atom. The van der Waals surface area contributed by atoms with E-state index >= 15 is 0 Å². The number of benzene rings is 1. The van der Waals surface area contributed by atoms with Crippen LogP contribution in [0, 0.1) is 12.8 Å². The number of aromatic nitrogens is 2. The third kappa shape index (κ3) is 3.25. The highest BCUT2D eigenvalue weighted by molar-refractivity contribution is 7.89. The van der Waals surface area contributed by atoms with Crippen LogP contribution in [0.25, 0.3) is 0 Å². The van der Waals surface area contributed by atoms with Crippen LogP contribution in [0.15, 0.2) is 35.4 Å². The van der Waals surface area contributed by atoms with Gasteiger partial charge in [-0.15, -0.1) is 0 Å². The van der Waals surface area contributed by atoms with Gasteiger partial charge in [-0.05, 0) is 31.9 Å². The summed E-state index contributed by atoms with van der Waals surface area (Å²) in [6, 6.07) is 7.87. The lowest BCUT2D eigenvalue weighted by atomic mass is 9.97. The minimum atomic E-state index is -3.55. The first-order valence-corrected chi connectivity index (χ1v) is 9.22. The molecule has 6 nitrogen and oxygen atoms in total. The fourth-order valence-corrected chi connectivity index (χ4v) is 4.13. The van der Waals surface area contributed by atoms with E-state index < -0.39 is 10.0 Å². The maximum atomic E-state index is 12.5. The number of aryl methyl sites for hydroxylation is 1. The van der Waals surface area contributed by atoms with Crippen molar-refractivity contribution in [3.05, 3.63) is 41.7 Å². The van der Waals surface area contributed by atoms with E-state index in [-0.39, 0.29) is 10.8 Å². The molecular formula is C16H21N3O3S. The molecule has 7 heteroatoms. The third-order valence-corrected chi connectivity index (χ3v) is 5.69. The first-order chi connectivity index (χ1) is 11.0. The maximum absolute atomic E-state index is 12.5. The zero-order chi connectivity index (χ0) is 16.4. The Morgan fingerprint density at radius 2 is 2.17 bits per heavy atom. The monoisotopic (exact) mass is 335 g/mol. The van der Waals surface area contributed by atoms with Crippen LogP contribution in [0.2, 0.25) is 0 Å². The van der Waals surface area contributed by atoms with Crippen molar-refractivity contribution < 1.29 is 13.2 Å². The van der Waals surface area contributed by atoms with Crippen molar-refractivity contribution in [1.29, 1.82) is 0 Å². The highest BCUT2D eigenvalue weighted by Gasteiger charge is 2.24. The van der Waals surface area contributed by atoms with E-state index in [9.17, 15) is 8.42 Å². The normalized spacial score (nSPS) is 17.6. The predicted octanol–water partition coefficient (Wildman–Crippen LogP) is 1.74. The standard InChI is InChI=1S/C16H21N3O3S/c1-3-19-12(2)16(10-17-19)23(20,21)18-9-13-8-14-6-4-5-7-15(14)22-11-13/h4-7,10,13,18H,3,8-9,11H2,1-2H3/t13-/m0/s1. The number of nitrogens with one attached hydrogen (secondary N) is 1. The summed E-state index contributed by atoms with van der Waals surface area (Å²) in [5.41, 5.74) is 1.78. The molecule has 0 bridgehead atoms. The van der Waals surface area contributed by atoms with Crippen molar-refractivity contribution in [2.75, 3.05) is 13.2 Å². The zero-order valence-electron chi connectivity index (χ0n) is 13.3. The number of hydrogen-bond donors (Lipinski definition) is 1. The van der Waals surface area contributed by atoms with Gasteiger partial charge in [-0.3, -0.25) is 4.68 Å². The van der Waals surface area contributed by atoms with Gasteiger partial charge in [-0.25, -0.2) is 13.1 Å². The molecule has 0 amide bonds. The Hall–Kier alpha value is -1.86. The Morgan fingerprint density at radius 1 is 1.39 bits per heavy atom. The van der Waals surface area contributed by atoms with Crippen LogP contribution in [-0.2, 0) is 23.0 Å². The Labute approximate surface area is 136 Å². The highest BCUT2D eigenvalue weighted by Crippen LogP contribution is 2.26. The number of rotatable bonds is 5. The van der Waals surface area contributed by atoms with E-state index in [0.717, 1.165) is 17.7 Å². The summed E-state index contributed by atoms with van der Waals surface area (Å²) in [6.07, 6.45) is 2.22. The largest absolute Gasteiger partial charge is 0.493 e. The van der Waals surface area contributed by atoms with Crippen LogP contribution < -0.4 is 9.46 Å². The summed E-state index contributed by atoms with van der Waals surface area (Å²) in [4.78, 5) is 0.247. The molecule has 1 aromatic carbocycles. The Balaban J connectivity index is 1.67. The van der Waals surface area contributed by atoms with Gasteiger partial charge in [0.15, 0.2) is 0 Å². The van der Waals surface area contributed by atoms with Gasteiger partial charge in [-0.2, -0.15) is 5.10 Å². The van der Waals surface area contributed by atoms with E-state index in [1.54, 1.807) is 11.6 Å². The fraction of sp³-hybridized carbons (Fsp3) is 0.438. The minimum Gasteiger partial charge on any atom is -0.493 e. The Kier molecular flexibility index (Phi) is 4.41. The molecule has 3 rings (SSSR count). The van der Waals surface area contributed by atoms with Gasteiger partial charge in [0.2, 0.25) is 10.0 Å². The van der Waals surface area contributed by atoms with Crippen molar-refractivity contribution >= 4 is 10.0 Å². The number of ether oxygens (including phenoxy) is 1. The zero-order valence-corrected chi connectivity index (χ0v) is 14.1. The molecule has 23 heavy (non-hydrogen) atoms. The summed E-state index contributed by atoms with van der Waals surface area (Å²) in [6.45, 7) is 5.22. The van der Waals surface area contributed by atoms with Crippen molar-refractivity contribution in [3.63, 3.8) is 0 Å². The smallest absolute Gasteiger partial charge is 0.243 e. The van der Waals surface area contributed by atoms with Crippen LogP contribution >= 0.6 is 0 Å². The van der Waals surface area contributed by atoms with E-state index in [4.69, 9.17) is 4.74 Å². The summed E-state index contributed by atoms with van der Waals surface area (Å²) < 4.78 is 35.0. The molecule has 2 aromatic rings. The van der Waals surface area contributed by atoms with Crippen LogP contribution in [0.5, 0.6) is 5.75 Å². The molecule has 124 valence electrons. The van der Waals surface area contributed by atoms with Crippen molar-refractivity contribution in [2.24, 2.45) is 5.92 Å². The lowest BCUT2D eigenvalue weighted by molar-refractivity contribution is 0.223. The molecule has 0 saturated heterocycles. The molecule has 0 saturated carbocycles. The summed E-state index contributed by atoms with van der Waals surface area (Å²) in [5, 5.41) is 4.10. The van der Waals surface area contributed by atoms with Crippen LogP contribution in [0.1, 0.15) is 18.2 Å². The number of para-hydroxylation sites is 1. The van der Waals surface area contributed by atoms with Crippen molar-refractivity contribution in [1.82, 2.24) is 14.5 Å². The van der Waals surface area contributed by atoms with Crippen molar-refractivity contribution in [3.8, 4) is 5.75 Å². The molecule has 0 fully saturated rings. The van der Waals surface area contributed by atoms with E-state index in [1.165, 1.54) is 6.20 Å². The Bertz CT molecular complexity index is 799. The summed E-state index contributed by atoms with van der Waals surface area (Å²) >= 11 is 0. The molecule has 0 radical (unpaired) electrons. The third-order valence-electron chi connectivity index (χ3n) is 4.16. The van der Waals surface area contributed by atoms with Gasteiger partial charge < -0.3 is 4.74 Å². The van der Waals surface area contributed by atoms with E-state index in [0.29, 0.717) is 25.4 Å². The van der Waals surface area contributed by atoms with Crippen LogP contribution in [0.3, 0.4) is 0 Å². The topological polar surface area (TPSA) is 73.2 Å². The second kappa shape index (κ2) is 6.33. The van der Waals surface area contributed by atoms with E-state index in [1.807, 2.05) is 31.2 Å². The van der Waals surface area contributed by atoms with Gasteiger partial charge in [0.25, 0.3) is 0 Å². The second-order valence-electron chi connectivity index (χ2n) is 5.75. The fourth-order valence-electron chi connectivity index (χ4n) is 2.84. The molecule has 1 aromatic heterocycles. The second-order valence-corrected chi connectivity index (χ2v) is 7.49. The van der Waals surface area contributed by atoms with Gasteiger partial charge in [0.1, 0.15) is 10.6 Å². The molecule has 1 aliphatic rings. The molecule has 0 unspecified atom stereocenters. The molecule has 1 N–H and O–H groups in total. The first kappa shape index (κ1) is 16.0. The summed E-state index contributed by atoms with van der Waals surface area (Å²) in [7, 11) is -3.55. The molecule has 2 heterocycles. The molecule has 0 spiro atoms. The molecule has 1 aliphatic heterocycles. The van der Waals surface area contributed by atoms with Gasteiger partial charge in [0.05, 0.1) is 18.5 Å². The number of sulfonamides is 1. The molecule has 0 aliphatic carbocycles. The van der Waals surface area contributed by atoms with Crippen molar-refractivity contribution in [2.45, 2.75) is 31.7 Å². The van der Waals surface area contributed by atoms with Gasteiger partial charge in [-0.1, -0.05) is 18.2 Å². The lowest BCUT2D eigenvalue weighted by Crippen LogP contribution is -2.35. The lowest BCUT2D eigenvalue weighted by Gasteiger charge is -2.25. The van der Waals surface area contributed by atoms with Crippen LogP contribution in [-0.4, -0.2) is 31.3 Å². The summed E-state index contributed by atoms with van der Waals surface area (Å²) in [5.74, 6) is 1.02. The van der Waals surface area contributed by atoms with E-state index in [2.05, 4.69) is 9.82 Å².